The quantitative estimate of drug-likeness (QED) is 0.269. The van der Waals surface area contributed by atoms with E-state index in [-0.39, 0.29) is 17.3 Å². The molecule has 0 rings (SSSR count). The standard InChI is InChI=1S/C14H29NO4S2/c1-13(2,3)19-12(16)9-17-7-8-18-11-20-21-14(4,5)10-15-6/h15H,7-11H2,1-6H3. The van der Waals surface area contributed by atoms with Crippen LogP contribution in [-0.2, 0) is 19.0 Å². The first kappa shape index (κ1) is 21.0. The molecule has 0 aromatic heterocycles. The average Bonchev–Trinajstić information content (AvgIpc) is 2.30. The molecule has 0 bridgehead atoms. The second kappa shape index (κ2) is 10.7. The molecule has 7 heteroatoms. The molecule has 126 valence electrons. The third-order valence-corrected chi connectivity index (χ3v) is 5.00. The van der Waals surface area contributed by atoms with E-state index in [9.17, 15) is 4.79 Å². The second-order valence-electron chi connectivity index (χ2n) is 6.16. The fourth-order valence-electron chi connectivity index (χ4n) is 1.38. The van der Waals surface area contributed by atoms with E-state index in [0.29, 0.717) is 19.2 Å². The van der Waals surface area contributed by atoms with E-state index < -0.39 is 5.60 Å². The normalized spacial score (nSPS) is 12.5. The largest absolute Gasteiger partial charge is 0.458 e. The summed E-state index contributed by atoms with van der Waals surface area (Å²) in [6.07, 6.45) is 0. The Balaban J connectivity index is 3.43. The number of hydrogen-bond acceptors (Lipinski definition) is 7. The van der Waals surface area contributed by atoms with Crippen molar-refractivity contribution >= 4 is 27.6 Å². The lowest BCUT2D eigenvalue weighted by molar-refractivity contribution is -0.160. The molecule has 1 N–H and O–H groups in total. The summed E-state index contributed by atoms with van der Waals surface area (Å²) in [4.78, 5) is 11.4. The summed E-state index contributed by atoms with van der Waals surface area (Å²) in [5.74, 6) is 0.259. The molecule has 0 aliphatic heterocycles. The molecular formula is C14H29NO4S2. The van der Waals surface area contributed by atoms with Gasteiger partial charge in [0.15, 0.2) is 0 Å². The molecule has 0 aliphatic rings. The zero-order chi connectivity index (χ0) is 16.4. The van der Waals surface area contributed by atoms with E-state index >= 15 is 0 Å². The van der Waals surface area contributed by atoms with Gasteiger partial charge in [-0.25, -0.2) is 4.79 Å². The first-order valence-electron chi connectivity index (χ1n) is 6.99. The number of ether oxygens (including phenoxy) is 3. The van der Waals surface area contributed by atoms with Crippen LogP contribution in [-0.4, -0.2) is 55.7 Å². The fourth-order valence-corrected chi connectivity index (χ4v) is 3.61. The van der Waals surface area contributed by atoms with Gasteiger partial charge in [-0.05, 0) is 41.7 Å². The van der Waals surface area contributed by atoms with Gasteiger partial charge in [0.25, 0.3) is 0 Å². The van der Waals surface area contributed by atoms with Gasteiger partial charge in [0, 0.05) is 11.3 Å². The van der Waals surface area contributed by atoms with Crippen molar-refractivity contribution in [1.82, 2.24) is 5.32 Å². The fraction of sp³-hybridized carbons (Fsp3) is 0.929. The van der Waals surface area contributed by atoms with Crippen LogP contribution >= 0.6 is 21.6 Å². The van der Waals surface area contributed by atoms with Gasteiger partial charge < -0.3 is 19.5 Å². The Labute approximate surface area is 136 Å². The van der Waals surface area contributed by atoms with Crippen molar-refractivity contribution in [2.75, 3.05) is 39.4 Å². The molecular weight excluding hydrogens is 310 g/mol. The van der Waals surface area contributed by atoms with Crippen LogP contribution in [0.3, 0.4) is 0 Å². The van der Waals surface area contributed by atoms with E-state index in [0.717, 1.165) is 6.54 Å². The highest BCUT2D eigenvalue weighted by molar-refractivity contribution is 8.77. The van der Waals surface area contributed by atoms with Gasteiger partial charge in [0.2, 0.25) is 0 Å². The predicted molar refractivity (Wildman–Crippen MR) is 90.7 cm³/mol. The van der Waals surface area contributed by atoms with Crippen LogP contribution in [0.1, 0.15) is 34.6 Å². The summed E-state index contributed by atoms with van der Waals surface area (Å²) in [6, 6.07) is 0. The molecule has 0 saturated carbocycles. The third-order valence-electron chi connectivity index (χ3n) is 2.03. The Morgan fingerprint density at radius 1 is 1.10 bits per heavy atom. The van der Waals surface area contributed by atoms with Crippen molar-refractivity contribution < 1.29 is 19.0 Å². The van der Waals surface area contributed by atoms with Crippen molar-refractivity contribution in [3.05, 3.63) is 0 Å². The van der Waals surface area contributed by atoms with Crippen LogP contribution in [0.4, 0.5) is 0 Å². The van der Waals surface area contributed by atoms with Crippen LogP contribution in [0.5, 0.6) is 0 Å². The van der Waals surface area contributed by atoms with Crippen LogP contribution in [0, 0.1) is 0 Å². The molecule has 0 saturated heterocycles. The van der Waals surface area contributed by atoms with Crippen molar-refractivity contribution in [2.45, 2.75) is 45.0 Å². The summed E-state index contributed by atoms with van der Waals surface area (Å²) >= 11 is 0. The minimum Gasteiger partial charge on any atom is -0.458 e. The molecule has 0 aromatic rings. The highest BCUT2D eigenvalue weighted by Crippen LogP contribution is 2.34. The summed E-state index contributed by atoms with van der Waals surface area (Å²) < 4.78 is 15.9. The number of carbonyl (C=O) groups excluding carboxylic acids is 1. The van der Waals surface area contributed by atoms with Crippen molar-refractivity contribution in [1.29, 1.82) is 0 Å². The maximum atomic E-state index is 11.4. The zero-order valence-corrected chi connectivity index (χ0v) is 15.6. The van der Waals surface area contributed by atoms with Gasteiger partial charge in [-0.15, -0.1) is 0 Å². The van der Waals surface area contributed by atoms with E-state index in [1.807, 2.05) is 27.8 Å². The number of rotatable bonds is 11. The minimum atomic E-state index is -0.467. The highest BCUT2D eigenvalue weighted by atomic mass is 33.1. The van der Waals surface area contributed by atoms with Crippen molar-refractivity contribution in [3.8, 4) is 0 Å². The smallest absolute Gasteiger partial charge is 0.332 e. The highest BCUT2D eigenvalue weighted by Gasteiger charge is 2.17. The lowest BCUT2D eigenvalue weighted by Crippen LogP contribution is -2.28. The van der Waals surface area contributed by atoms with E-state index in [1.165, 1.54) is 0 Å². The van der Waals surface area contributed by atoms with E-state index in [1.54, 1.807) is 21.6 Å². The maximum Gasteiger partial charge on any atom is 0.332 e. The molecule has 0 unspecified atom stereocenters. The van der Waals surface area contributed by atoms with Gasteiger partial charge >= 0.3 is 5.97 Å². The molecule has 0 aromatic carbocycles. The van der Waals surface area contributed by atoms with Gasteiger partial charge in [-0.1, -0.05) is 21.6 Å². The summed E-state index contributed by atoms with van der Waals surface area (Å²) in [7, 11) is 5.42. The van der Waals surface area contributed by atoms with Gasteiger partial charge in [-0.3, -0.25) is 0 Å². The van der Waals surface area contributed by atoms with E-state index in [2.05, 4.69) is 19.2 Å². The van der Waals surface area contributed by atoms with Crippen LogP contribution in [0.25, 0.3) is 0 Å². The van der Waals surface area contributed by atoms with Crippen LogP contribution in [0.15, 0.2) is 0 Å². The first-order valence-corrected chi connectivity index (χ1v) is 9.31. The summed E-state index contributed by atoms with van der Waals surface area (Å²) in [6.45, 7) is 11.7. The van der Waals surface area contributed by atoms with Crippen LogP contribution in [0.2, 0.25) is 0 Å². The molecule has 0 radical (unpaired) electrons. The predicted octanol–water partition coefficient (Wildman–Crippen LogP) is 2.70. The molecule has 0 fully saturated rings. The Hall–Kier alpha value is 0.0500. The van der Waals surface area contributed by atoms with Crippen molar-refractivity contribution in [2.24, 2.45) is 0 Å². The Morgan fingerprint density at radius 3 is 2.29 bits per heavy atom. The van der Waals surface area contributed by atoms with Crippen LogP contribution < -0.4 is 5.32 Å². The SMILES string of the molecule is CNCC(C)(C)SSCOCCOCC(=O)OC(C)(C)C. The number of esters is 1. The van der Waals surface area contributed by atoms with Crippen molar-refractivity contribution in [3.63, 3.8) is 0 Å². The number of carbonyl (C=O) groups is 1. The summed E-state index contributed by atoms with van der Waals surface area (Å²) in [5, 5.41) is 3.16. The Morgan fingerprint density at radius 2 is 1.71 bits per heavy atom. The zero-order valence-electron chi connectivity index (χ0n) is 14.0. The molecule has 0 heterocycles. The van der Waals surface area contributed by atoms with Gasteiger partial charge in [-0.2, -0.15) is 0 Å². The molecule has 0 atom stereocenters. The van der Waals surface area contributed by atoms with E-state index in [4.69, 9.17) is 14.2 Å². The first-order chi connectivity index (χ1) is 9.66. The Bertz CT molecular complexity index is 293. The van der Waals surface area contributed by atoms with Gasteiger partial charge in [0.05, 0.1) is 13.2 Å². The topological polar surface area (TPSA) is 56.8 Å². The molecule has 0 aliphatic carbocycles. The number of nitrogens with one attached hydrogen (secondary N) is 1. The Kier molecular flexibility index (Phi) is 10.7. The van der Waals surface area contributed by atoms with Gasteiger partial charge in [0.1, 0.15) is 18.1 Å². The minimum absolute atomic E-state index is 0.0300. The molecule has 0 spiro atoms. The summed E-state index contributed by atoms with van der Waals surface area (Å²) in [5.41, 5.74) is -0.467. The lowest BCUT2D eigenvalue weighted by Gasteiger charge is -2.22. The lowest BCUT2D eigenvalue weighted by atomic mass is 10.2. The number of hydrogen-bond donors (Lipinski definition) is 1. The molecule has 21 heavy (non-hydrogen) atoms. The second-order valence-corrected chi connectivity index (χ2v) is 9.11. The molecule has 5 nitrogen and oxygen atoms in total. The third kappa shape index (κ3) is 14.7. The average molecular weight is 340 g/mol. The molecule has 0 amide bonds. The monoisotopic (exact) mass is 339 g/mol. The maximum absolute atomic E-state index is 11.4.